The lowest BCUT2D eigenvalue weighted by Crippen LogP contribution is -2.00. The highest BCUT2D eigenvalue weighted by atomic mass is 16.5. The molecule has 0 bridgehead atoms. The number of benzene rings is 1. The van der Waals surface area contributed by atoms with Gasteiger partial charge in [-0.25, -0.2) is 4.79 Å². The summed E-state index contributed by atoms with van der Waals surface area (Å²) in [6.45, 7) is 5.09. The largest absolute Gasteiger partial charge is 0.432 e. The summed E-state index contributed by atoms with van der Waals surface area (Å²) in [5.41, 5.74) is 1.89. The number of allylic oxidation sites excluding steroid dienone is 1. The third kappa shape index (κ3) is 4.13. The molecule has 0 spiro atoms. The molecule has 0 unspecified atom stereocenters. The molecular weight excluding hydrogens is 200 g/mol. The zero-order valence-corrected chi connectivity index (χ0v) is 9.48. The zero-order chi connectivity index (χ0) is 11.8. The second-order valence-electron chi connectivity index (χ2n) is 3.48. The molecule has 0 aliphatic carbocycles. The van der Waals surface area contributed by atoms with E-state index in [0.29, 0.717) is 5.57 Å². The SMILES string of the molecule is C=COC(=O)C(C)=CCCc1ccccc1. The fourth-order valence-corrected chi connectivity index (χ4v) is 1.35. The molecular formula is C14H16O2. The molecule has 0 radical (unpaired) electrons. The second kappa shape index (κ2) is 6.62. The number of aryl methyl sites for hydroxylation is 1. The van der Waals surface area contributed by atoms with Crippen LogP contribution >= 0.6 is 0 Å². The summed E-state index contributed by atoms with van der Waals surface area (Å²) >= 11 is 0. The van der Waals surface area contributed by atoms with Gasteiger partial charge in [-0.3, -0.25) is 0 Å². The Morgan fingerprint density at radius 2 is 2.06 bits per heavy atom. The molecule has 0 aliphatic rings. The Kier molecular flexibility index (Phi) is 5.06. The number of hydrogen-bond donors (Lipinski definition) is 0. The Morgan fingerprint density at radius 1 is 1.38 bits per heavy atom. The van der Waals surface area contributed by atoms with Crippen molar-refractivity contribution in [1.29, 1.82) is 0 Å². The van der Waals surface area contributed by atoms with Crippen LogP contribution in [0, 0.1) is 0 Å². The predicted octanol–water partition coefficient (Wildman–Crippen LogP) is 3.25. The molecule has 0 N–H and O–H groups in total. The van der Waals surface area contributed by atoms with E-state index in [2.05, 4.69) is 23.4 Å². The number of esters is 1. The highest BCUT2D eigenvalue weighted by molar-refractivity contribution is 5.88. The van der Waals surface area contributed by atoms with E-state index in [1.54, 1.807) is 6.92 Å². The Labute approximate surface area is 96.2 Å². The minimum absolute atomic E-state index is 0.330. The van der Waals surface area contributed by atoms with E-state index in [1.807, 2.05) is 24.3 Å². The van der Waals surface area contributed by atoms with E-state index in [0.717, 1.165) is 19.1 Å². The number of hydrogen-bond acceptors (Lipinski definition) is 2. The number of carbonyl (C=O) groups is 1. The first-order valence-corrected chi connectivity index (χ1v) is 5.26. The van der Waals surface area contributed by atoms with E-state index in [-0.39, 0.29) is 5.97 Å². The number of rotatable bonds is 5. The average molecular weight is 216 g/mol. The number of ether oxygens (including phenoxy) is 1. The van der Waals surface area contributed by atoms with Crippen molar-refractivity contribution >= 4 is 5.97 Å². The van der Waals surface area contributed by atoms with Crippen LogP contribution in [0.25, 0.3) is 0 Å². The quantitative estimate of drug-likeness (QED) is 0.429. The van der Waals surface area contributed by atoms with Gasteiger partial charge in [0.25, 0.3) is 0 Å². The van der Waals surface area contributed by atoms with E-state index < -0.39 is 0 Å². The van der Waals surface area contributed by atoms with Crippen LogP contribution in [-0.2, 0) is 16.0 Å². The fourth-order valence-electron chi connectivity index (χ4n) is 1.35. The number of carbonyl (C=O) groups excluding carboxylic acids is 1. The average Bonchev–Trinajstić information content (AvgIpc) is 2.30. The molecule has 0 heterocycles. The summed E-state index contributed by atoms with van der Waals surface area (Å²) in [5.74, 6) is -0.330. The van der Waals surface area contributed by atoms with Crippen LogP contribution in [0.4, 0.5) is 0 Å². The smallest absolute Gasteiger partial charge is 0.338 e. The monoisotopic (exact) mass is 216 g/mol. The van der Waals surface area contributed by atoms with E-state index in [9.17, 15) is 4.79 Å². The summed E-state index contributed by atoms with van der Waals surface area (Å²) in [7, 11) is 0. The van der Waals surface area contributed by atoms with Gasteiger partial charge in [-0.05, 0) is 25.3 Å². The highest BCUT2D eigenvalue weighted by Gasteiger charge is 2.02. The summed E-state index contributed by atoms with van der Waals surface area (Å²) in [4.78, 5) is 11.2. The highest BCUT2D eigenvalue weighted by Crippen LogP contribution is 2.05. The topological polar surface area (TPSA) is 26.3 Å². The van der Waals surface area contributed by atoms with Crippen LogP contribution in [0.3, 0.4) is 0 Å². The van der Waals surface area contributed by atoms with E-state index in [1.165, 1.54) is 5.56 Å². The minimum Gasteiger partial charge on any atom is -0.432 e. The first-order valence-electron chi connectivity index (χ1n) is 5.26. The fraction of sp³-hybridized carbons (Fsp3) is 0.214. The van der Waals surface area contributed by atoms with Crippen molar-refractivity contribution < 1.29 is 9.53 Å². The van der Waals surface area contributed by atoms with Gasteiger partial charge in [-0.15, -0.1) is 0 Å². The van der Waals surface area contributed by atoms with Gasteiger partial charge >= 0.3 is 5.97 Å². The van der Waals surface area contributed by atoms with Gasteiger partial charge in [-0.2, -0.15) is 0 Å². The lowest BCUT2D eigenvalue weighted by Gasteiger charge is -2.00. The lowest BCUT2D eigenvalue weighted by atomic mass is 10.1. The van der Waals surface area contributed by atoms with Crippen LogP contribution in [0.15, 0.2) is 54.8 Å². The Balaban J connectivity index is 2.42. The zero-order valence-electron chi connectivity index (χ0n) is 9.48. The maximum atomic E-state index is 11.2. The summed E-state index contributed by atoms with van der Waals surface area (Å²) in [6, 6.07) is 10.2. The maximum absolute atomic E-state index is 11.2. The van der Waals surface area contributed by atoms with Crippen LogP contribution in [-0.4, -0.2) is 5.97 Å². The van der Waals surface area contributed by atoms with Crippen molar-refractivity contribution in [2.75, 3.05) is 0 Å². The van der Waals surface area contributed by atoms with Crippen LogP contribution < -0.4 is 0 Å². The first kappa shape index (κ1) is 12.2. The van der Waals surface area contributed by atoms with Crippen molar-refractivity contribution in [2.24, 2.45) is 0 Å². The molecule has 1 aromatic rings. The minimum atomic E-state index is -0.330. The van der Waals surface area contributed by atoms with Gasteiger partial charge in [0.1, 0.15) is 0 Å². The summed E-state index contributed by atoms with van der Waals surface area (Å²) in [5, 5.41) is 0. The molecule has 0 fully saturated rings. The summed E-state index contributed by atoms with van der Waals surface area (Å²) in [6.07, 6.45) is 4.80. The molecule has 1 rings (SSSR count). The Morgan fingerprint density at radius 3 is 2.69 bits per heavy atom. The van der Waals surface area contributed by atoms with Crippen molar-refractivity contribution in [1.82, 2.24) is 0 Å². The second-order valence-corrected chi connectivity index (χ2v) is 3.48. The standard InChI is InChI=1S/C14H16O2/c1-3-16-14(15)12(2)8-7-11-13-9-5-4-6-10-13/h3-6,8-10H,1,7,11H2,2H3. The van der Waals surface area contributed by atoms with Crippen molar-refractivity contribution in [3.8, 4) is 0 Å². The molecule has 2 heteroatoms. The third-order valence-electron chi connectivity index (χ3n) is 2.24. The van der Waals surface area contributed by atoms with Crippen molar-refractivity contribution in [3.05, 3.63) is 60.4 Å². The third-order valence-corrected chi connectivity index (χ3v) is 2.24. The van der Waals surface area contributed by atoms with Crippen LogP contribution in [0.5, 0.6) is 0 Å². The normalized spacial score (nSPS) is 10.9. The van der Waals surface area contributed by atoms with Gasteiger partial charge in [0, 0.05) is 5.57 Å². The molecule has 16 heavy (non-hydrogen) atoms. The van der Waals surface area contributed by atoms with Crippen molar-refractivity contribution in [2.45, 2.75) is 19.8 Å². The molecule has 0 amide bonds. The molecule has 0 aromatic heterocycles. The predicted molar refractivity (Wildman–Crippen MR) is 64.8 cm³/mol. The van der Waals surface area contributed by atoms with Gasteiger partial charge in [0.2, 0.25) is 0 Å². The molecule has 84 valence electrons. The first-order chi connectivity index (χ1) is 7.74. The van der Waals surface area contributed by atoms with E-state index >= 15 is 0 Å². The lowest BCUT2D eigenvalue weighted by molar-refractivity contribution is -0.133. The molecule has 0 saturated carbocycles. The Bertz CT molecular complexity index is 377. The maximum Gasteiger partial charge on any atom is 0.338 e. The van der Waals surface area contributed by atoms with Crippen molar-refractivity contribution in [3.63, 3.8) is 0 Å². The molecule has 0 atom stereocenters. The van der Waals surface area contributed by atoms with Crippen LogP contribution in [0.2, 0.25) is 0 Å². The Hall–Kier alpha value is -1.83. The molecule has 0 aliphatic heterocycles. The molecule has 0 saturated heterocycles. The van der Waals surface area contributed by atoms with Gasteiger partial charge in [-0.1, -0.05) is 43.0 Å². The summed E-state index contributed by atoms with van der Waals surface area (Å²) < 4.78 is 4.66. The molecule has 1 aromatic carbocycles. The van der Waals surface area contributed by atoms with Gasteiger partial charge in [0.15, 0.2) is 0 Å². The van der Waals surface area contributed by atoms with Crippen LogP contribution in [0.1, 0.15) is 18.9 Å². The van der Waals surface area contributed by atoms with E-state index in [4.69, 9.17) is 0 Å². The van der Waals surface area contributed by atoms with Gasteiger partial charge in [0.05, 0.1) is 6.26 Å². The molecule has 2 nitrogen and oxygen atoms in total. The van der Waals surface area contributed by atoms with Gasteiger partial charge < -0.3 is 4.74 Å².